The number of hydrogen-bond donors (Lipinski definition) is 1. The summed E-state index contributed by atoms with van der Waals surface area (Å²) in [6.07, 6.45) is 1.87. The Kier molecular flexibility index (Phi) is 4.51. The Morgan fingerprint density at radius 2 is 2.09 bits per heavy atom. The van der Waals surface area contributed by atoms with Gasteiger partial charge >= 0.3 is 0 Å². The van der Waals surface area contributed by atoms with Crippen molar-refractivity contribution in [2.24, 2.45) is 7.05 Å². The first kappa shape index (κ1) is 16.4. The van der Waals surface area contributed by atoms with Gasteiger partial charge in [-0.2, -0.15) is 0 Å². The lowest BCUT2D eigenvalue weighted by Gasteiger charge is -2.13. The van der Waals surface area contributed by atoms with Crippen molar-refractivity contribution < 1.29 is 4.79 Å². The van der Waals surface area contributed by atoms with Crippen molar-refractivity contribution in [3.05, 3.63) is 44.3 Å². The summed E-state index contributed by atoms with van der Waals surface area (Å²) >= 11 is 1.58. The molecular weight excluding hydrogens is 298 g/mol. The largest absolute Gasteiger partial charge is 0.324 e. The maximum Gasteiger partial charge on any atom is 0.250 e. The maximum atomic E-state index is 12.2. The van der Waals surface area contributed by atoms with Crippen molar-refractivity contribution in [2.75, 3.05) is 5.32 Å². The lowest BCUT2D eigenvalue weighted by atomic mass is 9.98. The molecule has 0 unspecified atom stereocenters. The van der Waals surface area contributed by atoms with E-state index >= 15 is 0 Å². The molecule has 6 heteroatoms. The fourth-order valence-electron chi connectivity index (χ4n) is 1.95. The van der Waals surface area contributed by atoms with Gasteiger partial charge in [-0.05, 0) is 12.5 Å². The number of amides is 1. The molecule has 0 spiro atoms. The zero-order chi connectivity index (χ0) is 16.5. The van der Waals surface area contributed by atoms with E-state index in [2.05, 4.69) is 31.1 Å². The molecule has 0 aliphatic rings. The van der Waals surface area contributed by atoms with Crippen LogP contribution in [0, 0.1) is 6.92 Å². The van der Waals surface area contributed by atoms with Crippen LogP contribution in [0.1, 0.15) is 37.0 Å². The summed E-state index contributed by atoms with van der Waals surface area (Å²) in [6, 6.07) is 1.51. The normalized spacial score (nSPS) is 11.5. The molecule has 5 nitrogen and oxygen atoms in total. The molecule has 1 N–H and O–H groups in total. The number of thiazole rings is 1. The van der Waals surface area contributed by atoms with Crippen LogP contribution in [0.3, 0.4) is 0 Å². The van der Waals surface area contributed by atoms with Gasteiger partial charge in [-0.15, -0.1) is 11.3 Å². The van der Waals surface area contributed by atoms with Crippen molar-refractivity contribution in [1.29, 1.82) is 0 Å². The van der Waals surface area contributed by atoms with E-state index in [4.69, 9.17) is 0 Å². The Hall–Kier alpha value is -1.95. The van der Waals surface area contributed by atoms with Crippen molar-refractivity contribution in [3.8, 4) is 0 Å². The number of carbonyl (C=O) groups is 1. The highest BCUT2D eigenvalue weighted by molar-refractivity contribution is 7.09. The molecule has 2 heterocycles. The Morgan fingerprint density at radius 1 is 1.41 bits per heavy atom. The second kappa shape index (κ2) is 6.04. The smallest absolute Gasteiger partial charge is 0.250 e. The van der Waals surface area contributed by atoms with E-state index in [0.29, 0.717) is 5.69 Å². The van der Waals surface area contributed by atoms with E-state index < -0.39 is 0 Å². The maximum absolute atomic E-state index is 12.2. The van der Waals surface area contributed by atoms with Gasteiger partial charge in [-0.25, -0.2) is 4.98 Å². The topological polar surface area (TPSA) is 64.0 Å². The molecule has 0 aliphatic carbocycles. The average Bonchev–Trinajstić information content (AvgIpc) is 2.84. The quantitative estimate of drug-likeness (QED) is 0.946. The van der Waals surface area contributed by atoms with Crippen LogP contribution in [0.25, 0.3) is 0 Å². The van der Waals surface area contributed by atoms with E-state index in [1.807, 2.05) is 5.38 Å². The van der Waals surface area contributed by atoms with Crippen LogP contribution < -0.4 is 10.9 Å². The van der Waals surface area contributed by atoms with E-state index in [1.54, 1.807) is 31.5 Å². The molecule has 0 aromatic carbocycles. The van der Waals surface area contributed by atoms with Gasteiger partial charge in [-0.3, -0.25) is 9.59 Å². The molecule has 2 aromatic rings. The highest BCUT2D eigenvalue weighted by Gasteiger charge is 2.19. The number of rotatable bonds is 3. The average molecular weight is 319 g/mol. The van der Waals surface area contributed by atoms with E-state index in [9.17, 15) is 9.59 Å². The van der Waals surface area contributed by atoms with Crippen LogP contribution in [-0.2, 0) is 23.7 Å². The fraction of sp³-hybridized carbons (Fsp3) is 0.438. The second-order valence-electron chi connectivity index (χ2n) is 6.44. The Labute approximate surface area is 134 Å². The highest BCUT2D eigenvalue weighted by atomic mass is 32.1. The summed E-state index contributed by atoms with van der Waals surface area (Å²) < 4.78 is 1.45. The molecule has 0 radical (unpaired) electrons. The van der Waals surface area contributed by atoms with Gasteiger partial charge in [-0.1, -0.05) is 20.8 Å². The summed E-state index contributed by atoms with van der Waals surface area (Å²) in [6.45, 7) is 8.11. The van der Waals surface area contributed by atoms with E-state index in [1.165, 1.54) is 10.6 Å². The van der Waals surface area contributed by atoms with Crippen LogP contribution in [0.15, 0.2) is 22.4 Å². The van der Waals surface area contributed by atoms with Gasteiger partial charge in [0.15, 0.2) is 0 Å². The second-order valence-corrected chi connectivity index (χ2v) is 7.30. The number of anilines is 1. The minimum Gasteiger partial charge on any atom is -0.324 e. The van der Waals surface area contributed by atoms with Crippen LogP contribution in [0.2, 0.25) is 0 Å². The zero-order valence-electron chi connectivity index (χ0n) is 13.6. The number of nitrogens with zero attached hydrogens (tertiary/aromatic N) is 2. The molecule has 0 aliphatic heterocycles. The summed E-state index contributed by atoms with van der Waals surface area (Å²) in [4.78, 5) is 28.2. The van der Waals surface area contributed by atoms with Gasteiger partial charge in [0.2, 0.25) is 5.91 Å². The number of pyridine rings is 1. The molecule has 22 heavy (non-hydrogen) atoms. The van der Waals surface area contributed by atoms with Crippen molar-refractivity contribution in [2.45, 2.75) is 39.5 Å². The molecule has 0 bridgehead atoms. The summed E-state index contributed by atoms with van der Waals surface area (Å²) in [7, 11) is 1.66. The first-order valence-electron chi connectivity index (χ1n) is 7.09. The number of nitrogens with one attached hydrogen (secondary N) is 1. The number of carbonyl (C=O) groups excluding carboxylic acids is 1. The van der Waals surface area contributed by atoms with Crippen molar-refractivity contribution in [3.63, 3.8) is 0 Å². The predicted octanol–water partition coefficient (Wildman–Crippen LogP) is 2.63. The molecule has 2 rings (SSSR count). The van der Waals surface area contributed by atoms with Gasteiger partial charge in [0.05, 0.1) is 22.8 Å². The third-order valence-corrected chi connectivity index (χ3v) is 4.56. The van der Waals surface area contributed by atoms with Crippen molar-refractivity contribution >= 4 is 22.9 Å². The molecule has 0 atom stereocenters. The van der Waals surface area contributed by atoms with Gasteiger partial charge < -0.3 is 9.88 Å². The summed E-state index contributed by atoms with van der Waals surface area (Å²) in [5, 5.41) is 5.79. The van der Waals surface area contributed by atoms with Crippen LogP contribution in [-0.4, -0.2) is 15.5 Å². The molecule has 118 valence electrons. The molecule has 1 amide bonds. The minimum absolute atomic E-state index is 0.00626. The number of aromatic nitrogens is 2. The highest BCUT2D eigenvalue weighted by Crippen LogP contribution is 2.25. The molecule has 0 saturated carbocycles. The van der Waals surface area contributed by atoms with Gasteiger partial charge in [0.1, 0.15) is 0 Å². The lowest BCUT2D eigenvalue weighted by Crippen LogP contribution is -2.20. The summed E-state index contributed by atoms with van der Waals surface area (Å²) in [5.74, 6) is -0.132. The predicted molar refractivity (Wildman–Crippen MR) is 89.6 cm³/mol. The van der Waals surface area contributed by atoms with Crippen LogP contribution >= 0.6 is 11.3 Å². The zero-order valence-corrected chi connectivity index (χ0v) is 14.4. The van der Waals surface area contributed by atoms with Gasteiger partial charge in [0, 0.05) is 30.1 Å². The number of hydrogen-bond acceptors (Lipinski definition) is 4. The van der Waals surface area contributed by atoms with E-state index in [-0.39, 0.29) is 23.3 Å². The Bertz CT molecular complexity index is 753. The molecule has 0 fully saturated rings. The lowest BCUT2D eigenvalue weighted by molar-refractivity contribution is -0.115. The molecule has 2 aromatic heterocycles. The first-order chi connectivity index (χ1) is 10.2. The van der Waals surface area contributed by atoms with Crippen LogP contribution in [0.4, 0.5) is 5.69 Å². The monoisotopic (exact) mass is 319 g/mol. The minimum atomic E-state index is -0.132. The first-order valence-corrected chi connectivity index (χ1v) is 7.97. The number of aryl methyl sites for hydroxylation is 2. The molecular formula is C16H21N3O2S. The third-order valence-electron chi connectivity index (χ3n) is 3.24. The standard InChI is InChI=1S/C16H21N3O2S/c1-10-6-14(21)19(5)8-12(10)18-13(20)7-11-9-22-15(17-11)16(2,3)4/h6,8-9H,7H2,1-5H3,(H,18,20). The van der Waals surface area contributed by atoms with E-state index in [0.717, 1.165) is 16.3 Å². The fourth-order valence-corrected chi connectivity index (χ4v) is 2.85. The third kappa shape index (κ3) is 3.82. The SMILES string of the molecule is Cc1cc(=O)n(C)cc1NC(=O)Cc1csc(C(C)(C)C)n1. The summed E-state index contributed by atoms with van der Waals surface area (Å²) in [5.41, 5.74) is 2.08. The molecule has 0 saturated heterocycles. The van der Waals surface area contributed by atoms with Gasteiger partial charge in [0.25, 0.3) is 5.56 Å². The Morgan fingerprint density at radius 3 is 2.68 bits per heavy atom. The van der Waals surface area contributed by atoms with Crippen molar-refractivity contribution in [1.82, 2.24) is 9.55 Å². The Balaban J connectivity index is 2.09. The van der Waals surface area contributed by atoms with Crippen LogP contribution in [0.5, 0.6) is 0 Å².